The van der Waals surface area contributed by atoms with Gasteiger partial charge < -0.3 is 5.73 Å². The van der Waals surface area contributed by atoms with Crippen LogP contribution in [0.4, 0.5) is 5.00 Å². The summed E-state index contributed by atoms with van der Waals surface area (Å²) in [4.78, 5) is 12.7. The van der Waals surface area contributed by atoms with Gasteiger partial charge in [-0.05, 0) is 11.1 Å². The van der Waals surface area contributed by atoms with E-state index in [0.29, 0.717) is 5.92 Å². The zero-order chi connectivity index (χ0) is 14.8. The minimum atomic E-state index is -0.337. The van der Waals surface area contributed by atoms with Crippen LogP contribution in [0.25, 0.3) is 0 Å². The highest BCUT2D eigenvalue weighted by atomic mass is 35.5. The molecule has 1 saturated heterocycles. The predicted octanol–water partition coefficient (Wildman–Crippen LogP) is 3.00. The molecule has 0 radical (unpaired) electrons. The number of nitrogens with two attached hydrogens (primary N) is 1. The van der Waals surface area contributed by atoms with Crippen LogP contribution in [0.1, 0.15) is 17.0 Å². The van der Waals surface area contributed by atoms with E-state index in [9.17, 15) is 10.1 Å². The normalized spacial score (nSPS) is 21.5. The largest absolute Gasteiger partial charge is 0.326 e. The molecule has 0 saturated carbocycles. The van der Waals surface area contributed by atoms with E-state index >= 15 is 0 Å². The molecule has 7 heteroatoms. The van der Waals surface area contributed by atoms with Gasteiger partial charge in [0, 0.05) is 43.0 Å². The van der Waals surface area contributed by atoms with Gasteiger partial charge in [0.25, 0.3) is 0 Å². The molecule has 5 nitrogen and oxygen atoms in total. The molecule has 0 unspecified atom stereocenters. The molecular weight excluding hydrogens is 322 g/mol. The first-order valence-corrected chi connectivity index (χ1v) is 7.76. The van der Waals surface area contributed by atoms with Crippen molar-refractivity contribution in [2.75, 3.05) is 13.1 Å². The third-order valence-corrected chi connectivity index (χ3v) is 4.82. The number of likely N-dealkylation sites (tertiary alicyclic amines) is 1. The number of rotatable bonds is 4. The summed E-state index contributed by atoms with van der Waals surface area (Å²) in [5.41, 5.74) is 8.52. The highest BCUT2D eigenvalue weighted by Gasteiger charge is 2.31. The van der Waals surface area contributed by atoms with E-state index < -0.39 is 0 Å². The Kier molecular flexibility index (Phi) is 5.52. The zero-order valence-electron chi connectivity index (χ0n) is 11.9. The minimum absolute atomic E-state index is 0. The second-order valence-corrected chi connectivity index (χ2v) is 6.32. The van der Waals surface area contributed by atoms with Crippen LogP contribution in [0.15, 0.2) is 41.8 Å². The summed E-state index contributed by atoms with van der Waals surface area (Å²) < 4.78 is 0. The molecular formula is C15H18ClN3O2S. The van der Waals surface area contributed by atoms with Gasteiger partial charge in [0.05, 0.1) is 4.92 Å². The van der Waals surface area contributed by atoms with Crippen molar-refractivity contribution in [1.29, 1.82) is 0 Å². The number of thiophene rings is 1. The molecule has 22 heavy (non-hydrogen) atoms. The van der Waals surface area contributed by atoms with Crippen LogP contribution in [0.5, 0.6) is 0 Å². The Labute approximate surface area is 139 Å². The molecule has 1 aliphatic heterocycles. The molecule has 2 aromatic rings. The first-order chi connectivity index (χ1) is 10.1. The van der Waals surface area contributed by atoms with E-state index in [-0.39, 0.29) is 28.4 Å². The highest BCUT2D eigenvalue weighted by molar-refractivity contribution is 7.13. The lowest BCUT2D eigenvalue weighted by molar-refractivity contribution is -0.380. The van der Waals surface area contributed by atoms with Crippen LogP contribution in [0, 0.1) is 10.1 Å². The van der Waals surface area contributed by atoms with Gasteiger partial charge >= 0.3 is 5.00 Å². The van der Waals surface area contributed by atoms with Crippen molar-refractivity contribution in [3.05, 3.63) is 63.0 Å². The fraction of sp³-hybridized carbons (Fsp3) is 0.333. The van der Waals surface area contributed by atoms with Crippen LogP contribution >= 0.6 is 23.7 Å². The molecule has 118 valence electrons. The van der Waals surface area contributed by atoms with Gasteiger partial charge in [0.15, 0.2) is 0 Å². The maximum atomic E-state index is 10.7. The number of nitrogens with zero attached hydrogens (tertiary/aromatic N) is 2. The predicted molar refractivity (Wildman–Crippen MR) is 90.7 cm³/mol. The number of hydrogen-bond acceptors (Lipinski definition) is 5. The van der Waals surface area contributed by atoms with Crippen LogP contribution in [-0.2, 0) is 6.54 Å². The van der Waals surface area contributed by atoms with Crippen molar-refractivity contribution < 1.29 is 4.92 Å². The number of halogens is 1. The SMILES string of the molecule is Cl.N[C@@H]1CN(Cc2csc([N+](=O)[O-])c2)C[C@H]1c1ccccc1. The Balaban J connectivity index is 0.00000176. The van der Waals surface area contributed by atoms with Crippen molar-refractivity contribution in [1.82, 2.24) is 4.90 Å². The number of nitro groups is 1. The van der Waals surface area contributed by atoms with Crippen LogP contribution < -0.4 is 5.73 Å². The summed E-state index contributed by atoms with van der Waals surface area (Å²) in [5.74, 6) is 0.333. The summed E-state index contributed by atoms with van der Waals surface area (Å²) in [6, 6.07) is 12.1. The monoisotopic (exact) mass is 339 g/mol. The maximum absolute atomic E-state index is 10.7. The topological polar surface area (TPSA) is 72.4 Å². The average molecular weight is 340 g/mol. The van der Waals surface area contributed by atoms with E-state index in [4.69, 9.17) is 5.73 Å². The molecule has 1 fully saturated rings. The lowest BCUT2D eigenvalue weighted by Gasteiger charge is -2.15. The molecule has 1 aromatic heterocycles. The van der Waals surface area contributed by atoms with E-state index in [0.717, 1.165) is 25.2 Å². The highest BCUT2D eigenvalue weighted by Crippen LogP contribution is 2.29. The molecule has 0 bridgehead atoms. The van der Waals surface area contributed by atoms with Crippen LogP contribution in [0.2, 0.25) is 0 Å². The quantitative estimate of drug-likeness (QED) is 0.686. The van der Waals surface area contributed by atoms with Gasteiger partial charge in [-0.2, -0.15) is 0 Å². The molecule has 0 aliphatic carbocycles. The lowest BCUT2D eigenvalue weighted by Crippen LogP contribution is -2.28. The second kappa shape index (κ2) is 7.19. The van der Waals surface area contributed by atoms with E-state index in [1.807, 2.05) is 23.6 Å². The number of benzene rings is 1. The molecule has 3 rings (SSSR count). The molecule has 2 atom stereocenters. The van der Waals surface area contributed by atoms with E-state index in [1.165, 1.54) is 16.9 Å². The van der Waals surface area contributed by atoms with Gasteiger partial charge in [0.1, 0.15) is 0 Å². The third-order valence-electron chi connectivity index (χ3n) is 3.89. The Morgan fingerprint density at radius 3 is 2.68 bits per heavy atom. The van der Waals surface area contributed by atoms with Crippen LogP contribution in [0.3, 0.4) is 0 Å². The first-order valence-electron chi connectivity index (χ1n) is 6.88. The lowest BCUT2D eigenvalue weighted by atomic mass is 9.95. The summed E-state index contributed by atoms with van der Waals surface area (Å²) in [6.45, 7) is 2.44. The summed E-state index contributed by atoms with van der Waals surface area (Å²) in [7, 11) is 0. The van der Waals surface area contributed by atoms with Gasteiger partial charge in [0.2, 0.25) is 0 Å². The zero-order valence-corrected chi connectivity index (χ0v) is 13.6. The maximum Gasteiger partial charge on any atom is 0.324 e. The molecule has 1 aromatic carbocycles. The van der Waals surface area contributed by atoms with E-state index in [1.54, 1.807) is 6.07 Å². The van der Waals surface area contributed by atoms with Crippen molar-refractivity contribution in [3.63, 3.8) is 0 Å². The fourth-order valence-corrected chi connectivity index (χ4v) is 3.62. The average Bonchev–Trinajstić information content (AvgIpc) is 3.07. The Bertz CT molecular complexity index is 635. The molecule has 2 heterocycles. The standard InChI is InChI=1S/C15H17N3O2S.ClH/c16-14-9-17(7-11-6-15(18(19)20)21-10-11)8-13(14)12-4-2-1-3-5-12;/h1-6,10,13-14H,7-9,16H2;1H/t13-,14+;/m0./s1. The van der Waals surface area contributed by atoms with Gasteiger partial charge in [-0.15, -0.1) is 12.4 Å². The third kappa shape index (κ3) is 3.64. The molecule has 0 spiro atoms. The molecule has 0 amide bonds. The first kappa shape index (κ1) is 16.9. The van der Waals surface area contributed by atoms with Crippen molar-refractivity contribution in [2.24, 2.45) is 5.73 Å². The van der Waals surface area contributed by atoms with Gasteiger partial charge in [-0.3, -0.25) is 15.0 Å². The summed E-state index contributed by atoms with van der Waals surface area (Å²) in [5, 5.41) is 12.8. The van der Waals surface area contributed by atoms with E-state index in [2.05, 4.69) is 17.0 Å². The van der Waals surface area contributed by atoms with Crippen molar-refractivity contribution in [2.45, 2.75) is 18.5 Å². The van der Waals surface area contributed by atoms with Crippen LogP contribution in [-0.4, -0.2) is 29.0 Å². The Morgan fingerprint density at radius 2 is 2.05 bits per heavy atom. The summed E-state index contributed by atoms with van der Waals surface area (Å²) in [6.07, 6.45) is 0. The minimum Gasteiger partial charge on any atom is -0.326 e. The van der Waals surface area contributed by atoms with Gasteiger partial charge in [-0.25, -0.2) is 0 Å². The van der Waals surface area contributed by atoms with Gasteiger partial charge in [-0.1, -0.05) is 41.7 Å². The Hall–Kier alpha value is -1.47. The fourth-order valence-electron chi connectivity index (χ4n) is 2.89. The Morgan fingerprint density at radius 1 is 1.32 bits per heavy atom. The second-order valence-electron chi connectivity index (χ2n) is 5.43. The molecule has 2 N–H and O–H groups in total. The van der Waals surface area contributed by atoms with Crippen molar-refractivity contribution in [3.8, 4) is 0 Å². The van der Waals surface area contributed by atoms with Crippen molar-refractivity contribution >= 4 is 28.7 Å². The smallest absolute Gasteiger partial charge is 0.324 e. The number of hydrogen-bond donors (Lipinski definition) is 1. The molecule has 1 aliphatic rings. The summed E-state index contributed by atoms with van der Waals surface area (Å²) >= 11 is 1.18.